The lowest BCUT2D eigenvalue weighted by atomic mass is 9.87. The number of fused-ring (bicyclic) bond motifs is 1. The third kappa shape index (κ3) is 4.16. The Bertz CT molecular complexity index is 803. The number of anilines is 1. The van der Waals surface area contributed by atoms with E-state index in [2.05, 4.69) is 54.8 Å². The maximum atomic E-state index is 11.9. The molecule has 0 aromatic heterocycles. The molecule has 0 saturated heterocycles. The Morgan fingerprint density at radius 1 is 1.30 bits per heavy atom. The molecule has 1 amide bonds. The van der Waals surface area contributed by atoms with Gasteiger partial charge in [0.2, 0.25) is 5.91 Å². The molecular formula is C23H28N2O2. The lowest BCUT2D eigenvalue weighted by molar-refractivity contribution is -0.119. The van der Waals surface area contributed by atoms with Crippen molar-refractivity contribution in [2.45, 2.75) is 38.1 Å². The van der Waals surface area contributed by atoms with Crippen LogP contribution in [-0.2, 0) is 17.6 Å². The SMILES string of the molecule is C=CCOc1ccc2c(c1)CC(CC)(CC(N)=O)N2CCc1ccccc1. The van der Waals surface area contributed by atoms with Gasteiger partial charge < -0.3 is 15.4 Å². The van der Waals surface area contributed by atoms with Gasteiger partial charge in [-0.3, -0.25) is 4.79 Å². The van der Waals surface area contributed by atoms with Gasteiger partial charge in [-0.1, -0.05) is 49.9 Å². The molecule has 0 saturated carbocycles. The number of hydrogen-bond donors (Lipinski definition) is 1. The summed E-state index contributed by atoms with van der Waals surface area (Å²) in [5.74, 6) is 0.583. The number of benzene rings is 2. The van der Waals surface area contributed by atoms with Crippen LogP contribution < -0.4 is 15.4 Å². The molecular weight excluding hydrogens is 336 g/mol. The fourth-order valence-electron chi connectivity index (χ4n) is 4.08. The zero-order valence-electron chi connectivity index (χ0n) is 16.0. The highest BCUT2D eigenvalue weighted by Gasteiger charge is 2.43. The Kier molecular flexibility index (Phi) is 5.84. The summed E-state index contributed by atoms with van der Waals surface area (Å²) in [6.45, 7) is 7.17. The molecule has 0 spiro atoms. The van der Waals surface area contributed by atoms with Crippen molar-refractivity contribution < 1.29 is 9.53 Å². The summed E-state index contributed by atoms with van der Waals surface area (Å²) in [7, 11) is 0. The minimum Gasteiger partial charge on any atom is -0.490 e. The van der Waals surface area contributed by atoms with Crippen molar-refractivity contribution in [2.24, 2.45) is 5.73 Å². The quantitative estimate of drug-likeness (QED) is 0.687. The van der Waals surface area contributed by atoms with Gasteiger partial charge in [0, 0.05) is 18.7 Å². The highest BCUT2D eigenvalue weighted by Crippen LogP contribution is 2.44. The molecule has 0 bridgehead atoms. The predicted molar refractivity (Wildman–Crippen MR) is 110 cm³/mol. The third-order valence-electron chi connectivity index (χ3n) is 5.43. The van der Waals surface area contributed by atoms with Crippen LogP contribution in [0.2, 0.25) is 0 Å². The molecule has 0 radical (unpaired) electrons. The van der Waals surface area contributed by atoms with E-state index >= 15 is 0 Å². The smallest absolute Gasteiger partial charge is 0.219 e. The summed E-state index contributed by atoms with van der Waals surface area (Å²) in [6, 6.07) is 16.6. The van der Waals surface area contributed by atoms with Crippen molar-refractivity contribution in [3.63, 3.8) is 0 Å². The Balaban J connectivity index is 1.90. The van der Waals surface area contributed by atoms with Crippen molar-refractivity contribution >= 4 is 11.6 Å². The van der Waals surface area contributed by atoms with Crippen LogP contribution >= 0.6 is 0 Å². The van der Waals surface area contributed by atoms with Crippen molar-refractivity contribution in [2.75, 3.05) is 18.1 Å². The van der Waals surface area contributed by atoms with E-state index in [1.807, 2.05) is 12.1 Å². The number of hydrogen-bond acceptors (Lipinski definition) is 3. The summed E-state index contributed by atoms with van der Waals surface area (Å²) in [6.07, 6.45) is 4.69. The first-order valence-corrected chi connectivity index (χ1v) is 9.54. The highest BCUT2D eigenvalue weighted by atomic mass is 16.5. The topological polar surface area (TPSA) is 55.6 Å². The van der Waals surface area contributed by atoms with Gasteiger partial charge in [-0.25, -0.2) is 0 Å². The number of carbonyl (C=O) groups excluding carboxylic acids is 1. The molecule has 1 aliphatic heterocycles. The maximum Gasteiger partial charge on any atom is 0.219 e. The van der Waals surface area contributed by atoms with Gasteiger partial charge in [-0.2, -0.15) is 0 Å². The molecule has 142 valence electrons. The molecule has 0 fully saturated rings. The lowest BCUT2D eigenvalue weighted by Gasteiger charge is -2.39. The molecule has 1 aliphatic rings. The van der Waals surface area contributed by atoms with E-state index in [0.717, 1.165) is 31.6 Å². The molecule has 1 atom stereocenters. The van der Waals surface area contributed by atoms with Crippen LogP contribution in [0.3, 0.4) is 0 Å². The number of primary amides is 1. The number of rotatable bonds is 9. The molecule has 3 rings (SSSR count). The number of nitrogens with zero attached hydrogens (tertiary/aromatic N) is 1. The summed E-state index contributed by atoms with van der Waals surface area (Å²) in [5, 5.41) is 0. The summed E-state index contributed by atoms with van der Waals surface area (Å²) in [5.41, 5.74) is 9.06. The van der Waals surface area contributed by atoms with Gasteiger partial charge in [0.1, 0.15) is 12.4 Å². The summed E-state index contributed by atoms with van der Waals surface area (Å²) in [4.78, 5) is 14.2. The zero-order valence-corrected chi connectivity index (χ0v) is 16.0. The van der Waals surface area contributed by atoms with Gasteiger partial charge in [-0.15, -0.1) is 0 Å². The first-order chi connectivity index (χ1) is 13.1. The van der Waals surface area contributed by atoms with Crippen LogP contribution in [0.5, 0.6) is 5.75 Å². The standard InChI is InChI=1S/C23H28N2O2/c1-3-14-27-20-10-11-21-19(15-20)16-23(4-2,17-22(24)26)25(21)13-12-18-8-6-5-7-9-18/h3,5-11,15H,1,4,12-14,16-17H2,2H3,(H2,24,26). The van der Waals surface area contributed by atoms with E-state index in [4.69, 9.17) is 10.5 Å². The second-order valence-electron chi connectivity index (χ2n) is 7.18. The van der Waals surface area contributed by atoms with Gasteiger partial charge >= 0.3 is 0 Å². The minimum atomic E-state index is -0.264. The number of amides is 1. The Morgan fingerprint density at radius 2 is 2.07 bits per heavy atom. The first kappa shape index (κ1) is 19.0. The van der Waals surface area contributed by atoms with Crippen LogP contribution in [0.25, 0.3) is 0 Å². The molecule has 4 nitrogen and oxygen atoms in total. The molecule has 1 unspecified atom stereocenters. The fourth-order valence-corrected chi connectivity index (χ4v) is 4.08. The predicted octanol–water partition coefficient (Wildman–Crippen LogP) is 3.88. The average molecular weight is 364 g/mol. The van der Waals surface area contributed by atoms with Crippen LogP contribution in [0, 0.1) is 0 Å². The lowest BCUT2D eigenvalue weighted by Crippen LogP contribution is -2.49. The van der Waals surface area contributed by atoms with E-state index in [9.17, 15) is 4.79 Å². The number of carbonyl (C=O) groups is 1. The normalized spacial score (nSPS) is 18.2. The first-order valence-electron chi connectivity index (χ1n) is 9.54. The monoisotopic (exact) mass is 364 g/mol. The zero-order chi connectivity index (χ0) is 19.3. The largest absolute Gasteiger partial charge is 0.490 e. The van der Waals surface area contributed by atoms with Crippen LogP contribution in [0.4, 0.5) is 5.69 Å². The van der Waals surface area contributed by atoms with Crippen molar-refractivity contribution in [3.8, 4) is 5.75 Å². The molecule has 4 heteroatoms. The van der Waals surface area contributed by atoms with Gasteiger partial charge in [0.05, 0.1) is 5.54 Å². The second-order valence-corrected chi connectivity index (χ2v) is 7.18. The van der Waals surface area contributed by atoms with E-state index in [-0.39, 0.29) is 11.4 Å². The average Bonchev–Trinajstić information content (AvgIpc) is 2.97. The Morgan fingerprint density at radius 3 is 2.74 bits per heavy atom. The van der Waals surface area contributed by atoms with Crippen molar-refractivity contribution in [3.05, 3.63) is 72.3 Å². The second kappa shape index (κ2) is 8.30. The van der Waals surface area contributed by atoms with E-state index in [1.54, 1.807) is 6.08 Å². The highest BCUT2D eigenvalue weighted by molar-refractivity contribution is 5.78. The van der Waals surface area contributed by atoms with Crippen LogP contribution in [0.1, 0.15) is 30.9 Å². The van der Waals surface area contributed by atoms with E-state index in [0.29, 0.717) is 13.0 Å². The Hall–Kier alpha value is -2.75. The molecule has 2 aromatic rings. The van der Waals surface area contributed by atoms with Gasteiger partial charge in [-0.05, 0) is 48.6 Å². The van der Waals surface area contributed by atoms with Gasteiger partial charge in [0.25, 0.3) is 0 Å². The molecule has 2 N–H and O–H groups in total. The summed E-state index contributed by atoms with van der Waals surface area (Å²) >= 11 is 0. The van der Waals surface area contributed by atoms with Crippen LogP contribution in [-0.4, -0.2) is 24.6 Å². The van der Waals surface area contributed by atoms with Gasteiger partial charge in [0.15, 0.2) is 0 Å². The fraction of sp³-hybridized carbons (Fsp3) is 0.348. The Labute approximate surface area is 161 Å². The van der Waals surface area contributed by atoms with E-state index < -0.39 is 0 Å². The molecule has 1 heterocycles. The maximum absolute atomic E-state index is 11.9. The molecule has 27 heavy (non-hydrogen) atoms. The molecule has 2 aromatic carbocycles. The van der Waals surface area contributed by atoms with Crippen LogP contribution in [0.15, 0.2) is 61.2 Å². The van der Waals surface area contributed by atoms with E-state index in [1.165, 1.54) is 16.8 Å². The van der Waals surface area contributed by atoms with Crippen molar-refractivity contribution in [1.29, 1.82) is 0 Å². The third-order valence-corrected chi connectivity index (χ3v) is 5.43. The number of nitrogens with two attached hydrogens (primary N) is 1. The summed E-state index contributed by atoms with van der Waals surface area (Å²) < 4.78 is 5.70. The minimum absolute atomic E-state index is 0.252. The number of ether oxygens (including phenoxy) is 1. The van der Waals surface area contributed by atoms with Crippen molar-refractivity contribution in [1.82, 2.24) is 0 Å². The molecule has 0 aliphatic carbocycles.